The van der Waals surface area contributed by atoms with Crippen LogP contribution in [0.25, 0.3) is 0 Å². The van der Waals surface area contributed by atoms with Gasteiger partial charge in [-0.25, -0.2) is 13.1 Å². The molecule has 0 aromatic heterocycles. The molecule has 6 heteroatoms. The third-order valence-corrected chi connectivity index (χ3v) is 4.12. The molecule has 0 fully saturated rings. The summed E-state index contributed by atoms with van der Waals surface area (Å²) in [4.78, 5) is 0.216. The molecule has 0 unspecified atom stereocenters. The van der Waals surface area contributed by atoms with Crippen LogP contribution >= 0.6 is 0 Å². The van der Waals surface area contributed by atoms with Gasteiger partial charge in [-0.15, -0.1) is 0 Å². The lowest BCUT2D eigenvalue weighted by Gasteiger charge is -2.13. The van der Waals surface area contributed by atoms with Crippen molar-refractivity contribution < 1.29 is 17.9 Å². The monoisotopic (exact) mass is 273 g/mol. The van der Waals surface area contributed by atoms with Crippen LogP contribution in [0.15, 0.2) is 17.0 Å². The number of rotatable bonds is 6. The molecule has 1 aromatic rings. The van der Waals surface area contributed by atoms with Crippen molar-refractivity contribution in [3.8, 4) is 11.5 Å². The molecule has 0 aliphatic heterocycles. The van der Waals surface area contributed by atoms with Gasteiger partial charge in [0, 0.05) is 12.6 Å². The quantitative estimate of drug-likeness (QED) is 0.857. The largest absolute Gasteiger partial charge is 0.493 e. The van der Waals surface area contributed by atoms with E-state index in [9.17, 15) is 8.42 Å². The summed E-state index contributed by atoms with van der Waals surface area (Å²) in [5.74, 6) is 0.921. The Morgan fingerprint density at radius 3 is 2.22 bits per heavy atom. The van der Waals surface area contributed by atoms with Crippen molar-refractivity contribution >= 4 is 10.0 Å². The van der Waals surface area contributed by atoms with Crippen LogP contribution in [0, 0.1) is 6.92 Å². The third-order valence-electron chi connectivity index (χ3n) is 2.51. The average molecular weight is 273 g/mol. The van der Waals surface area contributed by atoms with Gasteiger partial charge in [-0.2, -0.15) is 0 Å². The maximum Gasteiger partial charge on any atom is 0.240 e. The van der Waals surface area contributed by atoms with Crippen LogP contribution in [0.1, 0.15) is 18.9 Å². The van der Waals surface area contributed by atoms with Crippen LogP contribution in [0.3, 0.4) is 0 Å². The summed E-state index contributed by atoms with van der Waals surface area (Å²) in [5, 5.41) is 0. The van der Waals surface area contributed by atoms with Gasteiger partial charge in [0.1, 0.15) is 0 Å². The lowest BCUT2D eigenvalue weighted by molar-refractivity contribution is 0.353. The molecule has 0 atom stereocenters. The van der Waals surface area contributed by atoms with Crippen LogP contribution < -0.4 is 14.2 Å². The van der Waals surface area contributed by atoms with Crippen molar-refractivity contribution in [1.82, 2.24) is 4.72 Å². The fourth-order valence-corrected chi connectivity index (χ4v) is 2.94. The van der Waals surface area contributed by atoms with Gasteiger partial charge >= 0.3 is 0 Å². The van der Waals surface area contributed by atoms with Crippen molar-refractivity contribution in [1.29, 1.82) is 0 Å². The third kappa shape index (κ3) is 3.14. The van der Waals surface area contributed by atoms with Gasteiger partial charge in [0.25, 0.3) is 0 Å². The molecule has 0 saturated heterocycles. The highest BCUT2D eigenvalue weighted by molar-refractivity contribution is 7.89. The summed E-state index contributed by atoms with van der Waals surface area (Å²) in [6.45, 7) is 4.04. The minimum absolute atomic E-state index is 0.216. The van der Waals surface area contributed by atoms with E-state index in [1.54, 1.807) is 13.0 Å². The Morgan fingerprint density at radius 2 is 1.72 bits per heavy atom. The van der Waals surface area contributed by atoms with Gasteiger partial charge < -0.3 is 9.47 Å². The van der Waals surface area contributed by atoms with Crippen molar-refractivity contribution in [3.63, 3.8) is 0 Å². The molecule has 0 bridgehead atoms. The van der Waals surface area contributed by atoms with Crippen LogP contribution in [0.5, 0.6) is 11.5 Å². The number of aryl methyl sites for hydroxylation is 1. The fourth-order valence-electron chi connectivity index (χ4n) is 1.57. The highest BCUT2D eigenvalue weighted by atomic mass is 32.2. The lowest BCUT2D eigenvalue weighted by Crippen LogP contribution is -2.25. The van der Waals surface area contributed by atoms with Gasteiger partial charge in [-0.3, -0.25) is 0 Å². The molecule has 18 heavy (non-hydrogen) atoms. The Morgan fingerprint density at radius 1 is 1.17 bits per heavy atom. The summed E-state index contributed by atoms with van der Waals surface area (Å²) in [7, 11) is -0.506. The van der Waals surface area contributed by atoms with Gasteiger partial charge in [-0.1, -0.05) is 6.92 Å². The predicted molar refractivity (Wildman–Crippen MR) is 69.8 cm³/mol. The molecule has 102 valence electrons. The van der Waals surface area contributed by atoms with Crippen molar-refractivity contribution in [3.05, 3.63) is 17.7 Å². The Bertz CT molecular complexity index is 511. The standard InChI is InChI=1S/C12H19NO4S/c1-5-6-13-18(14,15)12-8-11(17-4)10(16-3)7-9(12)2/h7-8,13H,5-6H2,1-4H3. The van der Waals surface area contributed by atoms with Gasteiger partial charge in [0.15, 0.2) is 11.5 Å². The summed E-state index contributed by atoms with van der Waals surface area (Å²) < 4.78 is 36.9. The molecule has 0 aliphatic carbocycles. The molecule has 5 nitrogen and oxygen atoms in total. The van der Waals surface area contributed by atoms with Crippen molar-refractivity contribution in [2.75, 3.05) is 20.8 Å². The maximum atomic E-state index is 12.1. The first-order chi connectivity index (χ1) is 8.46. The summed E-state index contributed by atoms with van der Waals surface area (Å²) in [5.41, 5.74) is 0.622. The van der Waals surface area contributed by atoms with Crippen LogP contribution in [0.2, 0.25) is 0 Å². The van der Waals surface area contributed by atoms with E-state index in [0.29, 0.717) is 23.6 Å². The predicted octanol–water partition coefficient (Wildman–Crippen LogP) is 1.70. The zero-order valence-electron chi connectivity index (χ0n) is 11.1. The van der Waals surface area contributed by atoms with Gasteiger partial charge in [-0.05, 0) is 25.0 Å². The molecule has 0 heterocycles. The highest BCUT2D eigenvalue weighted by Gasteiger charge is 2.19. The molecule has 0 radical (unpaired) electrons. The Balaban J connectivity index is 3.25. The minimum atomic E-state index is -3.50. The van der Waals surface area contributed by atoms with E-state index in [1.165, 1.54) is 20.3 Å². The van der Waals surface area contributed by atoms with Crippen LogP contribution in [-0.4, -0.2) is 29.2 Å². The first-order valence-corrected chi connectivity index (χ1v) is 7.16. The Hall–Kier alpha value is -1.27. The van der Waals surface area contributed by atoms with Gasteiger partial charge in [0.05, 0.1) is 19.1 Å². The number of nitrogens with one attached hydrogen (secondary N) is 1. The normalized spacial score (nSPS) is 11.3. The van der Waals surface area contributed by atoms with Crippen molar-refractivity contribution in [2.24, 2.45) is 0 Å². The first kappa shape index (κ1) is 14.8. The smallest absolute Gasteiger partial charge is 0.240 e. The van der Waals surface area contributed by atoms with Crippen LogP contribution in [-0.2, 0) is 10.0 Å². The number of methoxy groups -OCH3 is 2. The molecule has 1 aromatic carbocycles. The molecular formula is C12H19NO4S. The molecule has 0 spiro atoms. The number of hydrogen-bond donors (Lipinski definition) is 1. The highest BCUT2D eigenvalue weighted by Crippen LogP contribution is 2.32. The Kier molecular flexibility index (Phi) is 4.98. The SMILES string of the molecule is CCCNS(=O)(=O)c1cc(OC)c(OC)cc1C. The molecule has 0 saturated carbocycles. The number of sulfonamides is 1. The Labute approximate surface area is 108 Å². The number of benzene rings is 1. The van der Waals surface area contributed by atoms with E-state index in [2.05, 4.69) is 4.72 Å². The average Bonchev–Trinajstić information content (AvgIpc) is 2.35. The molecular weight excluding hydrogens is 254 g/mol. The zero-order valence-corrected chi connectivity index (χ0v) is 11.9. The van der Waals surface area contributed by atoms with E-state index >= 15 is 0 Å². The topological polar surface area (TPSA) is 64.6 Å². The van der Waals surface area contributed by atoms with E-state index < -0.39 is 10.0 Å². The summed E-state index contributed by atoms with van der Waals surface area (Å²) >= 11 is 0. The summed E-state index contributed by atoms with van der Waals surface area (Å²) in [6.07, 6.45) is 0.742. The van der Waals surface area contributed by atoms with E-state index in [4.69, 9.17) is 9.47 Å². The molecule has 1 N–H and O–H groups in total. The maximum absolute atomic E-state index is 12.1. The van der Waals surface area contributed by atoms with E-state index in [-0.39, 0.29) is 4.90 Å². The van der Waals surface area contributed by atoms with E-state index in [0.717, 1.165) is 6.42 Å². The van der Waals surface area contributed by atoms with Gasteiger partial charge in [0.2, 0.25) is 10.0 Å². The van der Waals surface area contributed by atoms with Crippen molar-refractivity contribution in [2.45, 2.75) is 25.2 Å². The second-order valence-corrected chi connectivity index (χ2v) is 5.61. The minimum Gasteiger partial charge on any atom is -0.493 e. The van der Waals surface area contributed by atoms with Crippen LogP contribution in [0.4, 0.5) is 0 Å². The number of hydrogen-bond acceptors (Lipinski definition) is 4. The van der Waals surface area contributed by atoms with E-state index in [1.807, 2.05) is 6.92 Å². The second kappa shape index (κ2) is 6.06. The molecule has 0 amide bonds. The lowest BCUT2D eigenvalue weighted by atomic mass is 10.2. The number of ether oxygens (including phenoxy) is 2. The fraction of sp³-hybridized carbons (Fsp3) is 0.500. The second-order valence-electron chi connectivity index (χ2n) is 3.87. The first-order valence-electron chi connectivity index (χ1n) is 5.68. The molecule has 0 aliphatic rings. The molecule has 1 rings (SSSR count). The zero-order chi connectivity index (χ0) is 13.8. The summed E-state index contributed by atoms with van der Waals surface area (Å²) in [6, 6.07) is 3.13.